The normalized spacial score (nSPS) is 11.9. The van der Waals surface area contributed by atoms with Crippen molar-refractivity contribution in [3.8, 4) is 11.5 Å². The van der Waals surface area contributed by atoms with Crippen LogP contribution in [0.1, 0.15) is 16.0 Å². The zero-order chi connectivity index (χ0) is 13.7. The summed E-state index contributed by atoms with van der Waals surface area (Å²) >= 11 is 3.69. The van der Waals surface area contributed by atoms with Gasteiger partial charge < -0.3 is 9.47 Å². The number of hydrogen-bond acceptors (Lipinski definition) is 3. The van der Waals surface area contributed by atoms with Gasteiger partial charge >= 0.3 is 0 Å². The molecule has 0 saturated carbocycles. The first-order valence-electron chi connectivity index (χ1n) is 5.99. The summed E-state index contributed by atoms with van der Waals surface area (Å²) < 4.78 is 10.5. The highest BCUT2D eigenvalue weighted by atomic mass is 79.9. The maximum atomic E-state index is 5.31. The summed E-state index contributed by atoms with van der Waals surface area (Å²) in [5.74, 6) is 1.50. The van der Waals surface area contributed by atoms with Crippen LogP contribution >= 0.6 is 15.9 Å². The van der Waals surface area contributed by atoms with Crippen LogP contribution in [-0.2, 0) is 6.42 Å². The molecule has 4 heteroatoms. The summed E-state index contributed by atoms with van der Waals surface area (Å²) in [5, 5.41) is 0. The van der Waals surface area contributed by atoms with Crippen LogP contribution in [0.5, 0.6) is 11.5 Å². The molecule has 1 aromatic carbocycles. The second-order valence-corrected chi connectivity index (χ2v) is 5.25. The summed E-state index contributed by atoms with van der Waals surface area (Å²) in [6, 6.07) is 9.98. The molecule has 0 saturated heterocycles. The summed E-state index contributed by atoms with van der Waals surface area (Å²) in [4.78, 5) is 4.37. The molecule has 19 heavy (non-hydrogen) atoms. The third-order valence-corrected chi connectivity index (χ3v) is 3.76. The molecule has 0 spiro atoms. The van der Waals surface area contributed by atoms with E-state index in [4.69, 9.17) is 9.47 Å². The van der Waals surface area contributed by atoms with Crippen LogP contribution in [-0.4, -0.2) is 19.2 Å². The van der Waals surface area contributed by atoms with Crippen molar-refractivity contribution < 1.29 is 9.47 Å². The predicted octanol–water partition coefficient (Wildman–Crippen LogP) is 3.78. The minimum atomic E-state index is 0.235. The lowest BCUT2D eigenvalue weighted by molar-refractivity contribution is 0.354. The lowest BCUT2D eigenvalue weighted by Gasteiger charge is -2.12. The minimum Gasteiger partial charge on any atom is -0.493 e. The van der Waals surface area contributed by atoms with Crippen LogP contribution in [0.3, 0.4) is 0 Å². The van der Waals surface area contributed by atoms with E-state index in [1.807, 2.05) is 30.5 Å². The van der Waals surface area contributed by atoms with Gasteiger partial charge in [0.15, 0.2) is 11.5 Å². The highest BCUT2D eigenvalue weighted by Crippen LogP contribution is 2.31. The summed E-state index contributed by atoms with van der Waals surface area (Å²) in [5.41, 5.74) is 2.35. The number of nitrogens with zero attached hydrogens (tertiary/aromatic N) is 1. The van der Waals surface area contributed by atoms with Gasteiger partial charge in [-0.2, -0.15) is 0 Å². The first-order chi connectivity index (χ1) is 9.24. The second-order valence-electron chi connectivity index (χ2n) is 4.15. The summed E-state index contributed by atoms with van der Waals surface area (Å²) in [7, 11) is 3.29. The Balaban J connectivity index is 2.15. The Labute approximate surface area is 121 Å². The van der Waals surface area contributed by atoms with Crippen LogP contribution in [0.2, 0.25) is 0 Å². The van der Waals surface area contributed by atoms with Crippen LogP contribution in [0.15, 0.2) is 42.7 Å². The van der Waals surface area contributed by atoms with E-state index < -0.39 is 0 Å². The first kappa shape index (κ1) is 13.9. The molecule has 2 rings (SSSR count). The lowest BCUT2D eigenvalue weighted by atomic mass is 10.1. The third kappa shape index (κ3) is 3.47. The van der Waals surface area contributed by atoms with Gasteiger partial charge in [-0.3, -0.25) is 4.98 Å². The maximum Gasteiger partial charge on any atom is 0.160 e. The molecule has 100 valence electrons. The molecule has 0 N–H and O–H groups in total. The van der Waals surface area contributed by atoms with E-state index in [-0.39, 0.29) is 4.83 Å². The number of methoxy groups -OCH3 is 2. The van der Waals surface area contributed by atoms with E-state index in [2.05, 4.69) is 27.0 Å². The molecule has 0 aliphatic rings. The number of pyridine rings is 1. The van der Waals surface area contributed by atoms with Gasteiger partial charge in [0, 0.05) is 17.2 Å². The molecule has 1 aromatic heterocycles. The maximum absolute atomic E-state index is 5.31. The van der Waals surface area contributed by atoms with E-state index in [1.54, 1.807) is 20.4 Å². The van der Waals surface area contributed by atoms with Gasteiger partial charge in [0.25, 0.3) is 0 Å². The molecular formula is C15H16BrNO2. The molecule has 0 aliphatic carbocycles. The van der Waals surface area contributed by atoms with Gasteiger partial charge in [-0.05, 0) is 35.7 Å². The van der Waals surface area contributed by atoms with E-state index in [9.17, 15) is 0 Å². The number of benzene rings is 1. The molecule has 1 unspecified atom stereocenters. The monoisotopic (exact) mass is 321 g/mol. The quantitative estimate of drug-likeness (QED) is 0.785. The van der Waals surface area contributed by atoms with Crippen molar-refractivity contribution in [2.45, 2.75) is 11.2 Å². The van der Waals surface area contributed by atoms with Gasteiger partial charge in [-0.25, -0.2) is 0 Å². The number of aromatic nitrogens is 1. The smallest absolute Gasteiger partial charge is 0.160 e. The van der Waals surface area contributed by atoms with Crippen molar-refractivity contribution in [2.24, 2.45) is 0 Å². The Morgan fingerprint density at radius 2 is 1.95 bits per heavy atom. The Bertz CT molecular complexity index is 531. The van der Waals surface area contributed by atoms with E-state index in [0.29, 0.717) is 0 Å². The molecule has 3 nitrogen and oxygen atoms in total. The average molecular weight is 322 g/mol. The SMILES string of the molecule is COc1ccc(CC(Br)c2cccnc2)cc1OC. The highest BCUT2D eigenvalue weighted by Gasteiger charge is 2.11. The predicted molar refractivity (Wildman–Crippen MR) is 79.2 cm³/mol. The fourth-order valence-corrected chi connectivity index (χ4v) is 2.54. The third-order valence-electron chi connectivity index (χ3n) is 2.91. The number of ether oxygens (including phenoxy) is 2. The van der Waals surface area contributed by atoms with E-state index in [0.717, 1.165) is 23.5 Å². The standard InChI is InChI=1S/C15H16BrNO2/c1-18-14-6-5-11(9-15(14)19-2)8-13(16)12-4-3-7-17-10-12/h3-7,9-10,13H,8H2,1-2H3. The minimum absolute atomic E-state index is 0.235. The zero-order valence-electron chi connectivity index (χ0n) is 11.0. The fourth-order valence-electron chi connectivity index (χ4n) is 1.89. The number of alkyl halides is 1. The largest absolute Gasteiger partial charge is 0.493 e. The van der Waals surface area contributed by atoms with Crippen LogP contribution in [0.25, 0.3) is 0 Å². The van der Waals surface area contributed by atoms with Crippen molar-refractivity contribution in [1.29, 1.82) is 0 Å². The topological polar surface area (TPSA) is 31.4 Å². The van der Waals surface area contributed by atoms with E-state index >= 15 is 0 Å². The number of hydrogen-bond donors (Lipinski definition) is 0. The molecule has 0 bridgehead atoms. The molecule has 0 aliphatic heterocycles. The number of rotatable bonds is 5. The zero-order valence-corrected chi connectivity index (χ0v) is 12.6. The Kier molecular flexibility index (Phi) is 4.80. The summed E-state index contributed by atoms with van der Waals surface area (Å²) in [6.07, 6.45) is 4.52. The van der Waals surface area contributed by atoms with Gasteiger partial charge in [0.2, 0.25) is 0 Å². The first-order valence-corrected chi connectivity index (χ1v) is 6.91. The average Bonchev–Trinajstić information content (AvgIpc) is 2.48. The van der Waals surface area contributed by atoms with Crippen LogP contribution in [0.4, 0.5) is 0 Å². The van der Waals surface area contributed by atoms with Gasteiger partial charge in [-0.1, -0.05) is 28.1 Å². The van der Waals surface area contributed by atoms with Crippen LogP contribution in [0, 0.1) is 0 Å². The second kappa shape index (κ2) is 6.57. The summed E-state index contributed by atoms with van der Waals surface area (Å²) in [6.45, 7) is 0. The Morgan fingerprint density at radius 1 is 1.16 bits per heavy atom. The van der Waals surface area contributed by atoms with Crippen LogP contribution < -0.4 is 9.47 Å². The molecular weight excluding hydrogens is 306 g/mol. The van der Waals surface area contributed by atoms with Crippen molar-refractivity contribution in [1.82, 2.24) is 4.98 Å². The molecule has 0 amide bonds. The molecule has 1 atom stereocenters. The number of halogens is 1. The lowest BCUT2D eigenvalue weighted by Crippen LogP contribution is -1.97. The molecule has 1 heterocycles. The van der Waals surface area contributed by atoms with Gasteiger partial charge in [0.05, 0.1) is 14.2 Å². The Morgan fingerprint density at radius 3 is 2.58 bits per heavy atom. The van der Waals surface area contributed by atoms with Gasteiger partial charge in [-0.15, -0.1) is 0 Å². The van der Waals surface area contributed by atoms with Crippen molar-refractivity contribution in [2.75, 3.05) is 14.2 Å². The fraction of sp³-hybridized carbons (Fsp3) is 0.267. The van der Waals surface area contributed by atoms with Gasteiger partial charge in [0.1, 0.15) is 0 Å². The molecule has 2 aromatic rings. The van der Waals surface area contributed by atoms with Crippen molar-refractivity contribution >= 4 is 15.9 Å². The highest BCUT2D eigenvalue weighted by molar-refractivity contribution is 9.09. The van der Waals surface area contributed by atoms with Crippen molar-refractivity contribution in [3.05, 3.63) is 53.9 Å². The Hall–Kier alpha value is -1.55. The molecule has 0 fully saturated rings. The van der Waals surface area contributed by atoms with Crippen molar-refractivity contribution in [3.63, 3.8) is 0 Å². The van der Waals surface area contributed by atoms with E-state index in [1.165, 1.54) is 5.56 Å². The molecule has 0 radical (unpaired) electrons.